The van der Waals surface area contributed by atoms with Gasteiger partial charge in [0.15, 0.2) is 5.69 Å². The molecule has 0 aliphatic heterocycles. The molecule has 0 aliphatic rings. The maximum atomic E-state index is 12.1. The Morgan fingerprint density at radius 2 is 1.95 bits per heavy atom. The molecule has 2 rings (SSSR count). The summed E-state index contributed by atoms with van der Waals surface area (Å²) in [6.07, 6.45) is 1.20. The van der Waals surface area contributed by atoms with Gasteiger partial charge < -0.3 is 15.2 Å². The molecule has 2 aromatic rings. The van der Waals surface area contributed by atoms with Crippen molar-refractivity contribution in [1.82, 2.24) is 4.98 Å². The molecule has 0 radical (unpaired) electrons. The van der Waals surface area contributed by atoms with E-state index >= 15 is 0 Å². The van der Waals surface area contributed by atoms with E-state index in [0.29, 0.717) is 11.3 Å². The van der Waals surface area contributed by atoms with Crippen molar-refractivity contribution < 1.29 is 19.4 Å². The molecule has 1 aromatic heterocycles. The second-order valence-corrected chi connectivity index (χ2v) is 4.47. The second kappa shape index (κ2) is 6.23. The van der Waals surface area contributed by atoms with Gasteiger partial charge in [0, 0.05) is 11.8 Å². The Bertz CT molecular complexity index is 686. The minimum absolute atomic E-state index is 0.0378. The zero-order valence-electron chi connectivity index (χ0n) is 11.0. The van der Waals surface area contributed by atoms with Crippen LogP contribution >= 0.6 is 11.6 Å². The van der Waals surface area contributed by atoms with Gasteiger partial charge in [0.1, 0.15) is 5.75 Å². The lowest BCUT2D eigenvalue weighted by Gasteiger charge is -2.08. The number of nitrogens with zero attached hydrogens (tertiary/aromatic N) is 1. The second-order valence-electron chi connectivity index (χ2n) is 4.04. The molecule has 108 valence electrons. The van der Waals surface area contributed by atoms with Gasteiger partial charge in [-0.2, -0.15) is 0 Å². The molecule has 0 unspecified atom stereocenters. The van der Waals surface area contributed by atoms with Crippen LogP contribution in [0.25, 0.3) is 0 Å². The van der Waals surface area contributed by atoms with Crippen molar-refractivity contribution in [3.63, 3.8) is 0 Å². The first-order valence-electron chi connectivity index (χ1n) is 5.85. The number of nitrogens with one attached hydrogen (secondary N) is 1. The number of pyridine rings is 1. The Morgan fingerprint density at radius 3 is 2.52 bits per heavy atom. The molecule has 0 saturated heterocycles. The number of benzene rings is 1. The van der Waals surface area contributed by atoms with Crippen LogP contribution in [0.15, 0.2) is 36.5 Å². The van der Waals surface area contributed by atoms with Gasteiger partial charge in [0.2, 0.25) is 0 Å². The summed E-state index contributed by atoms with van der Waals surface area (Å²) in [5.41, 5.74) is 0.115. The van der Waals surface area contributed by atoms with Crippen molar-refractivity contribution in [2.45, 2.75) is 0 Å². The fraction of sp³-hybridized carbons (Fsp3) is 0.0714. The van der Waals surface area contributed by atoms with Crippen LogP contribution in [0.5, 0.6) is 5.75 Å². The first kappa shape index (κ1) is 14.8. The molecule has 7 heteroatoms. The number of carboxylic acid groups (broad SMARTS) is 1. The van der Waals surface area contributed by atoms with Crippen LogP contribution in [0.3, 0.4) is 0 Å². The number of methoxy groups -OCH3 is 1. The predicted molar refractivity (Wildman–Crippen MR) is 77.2 cm³/mol. The number of halogens is 1. The smallest absolute Gasteiger partial charge is 0.356 e. The molecule has 6 nitrogen and oxygen atoms in total. The predicted octanol–water partition coefficient (Wildman–Crippen LogP) is 2.69. The van der Waals surface area contributed by atoms with E-state index in [-0.39, 0.29) is 16.4 Å². The average molecular weight is 307 g/mol. The third-order valence-electron chi connectivity index (χ3n) is 2.66. The Balaban J connectivity index is 2.26. The van der Waals surface area contributed by atoms with E-state index < -0.39 is 11.9 Å². The Hall–Kier alpha value is -2.60. The molecule has 0 aliphatic carbocycles. The van der Waals surface area contributed by atoms with Gasteiger partial charge in [-0.15, -0.1) is 0 Å². The number of rotatable bonds is 4. The van der Waals surface area contributed by atoms with E-state index in [1.54, 1.807) is 24.3 Å². The van der Waals surface area contributed by atoms with Gasteiger partial charge in [-0.3, -0.25) is 4.79 Å². The van der Waals surface area contributed by atoms with E-state index in [1.807, 2.05) is 0 Å². The number of carboxylic acids is 1. The zero-order chi connectivity index (χ0) is 15.4. The van der Waals surface area contributed by atoms with E-state index in [4.69, 9.17) is 21.4 Å². The molecule has 0 atom stereocenters. The Morgan fingerprint density at radius 1 is 1.29 bits per heavy atom. The number of hydrogen-bond donors (Lipinski definition) is 2. The molecular weight excluding hydrogens is 296 g/mol. The summed E-state index contributed by atoms with van der Waals surface area (Å²) in [4.78, 5) is 26.8. The summed E-state index contributed by atoms with van der Waals surface area (Å²) < 4.78 is 5.00. The van der Waals surface area contributed by atoms with Gasteiger partial charge >= 0.3 is 5.97 Å². The normalized spacial score (nSPS) is 10.0. The van der Waals surface area contributed by atoms with Crippen LogP contribution in [-0.4, -0.2) is 29.1 Å². The van der Waals surface area contributed by atoms with Crippen molar-refractivity contribution in [3.8, 4) is 5.75 Å². The minimum Gasteiger partial charge on any atom is -0.497 e. The van der Waals surface area contributed by atoms with Gasteiger partial charge in [0.25, 0.3) is 5.91 Å². The SMILES string of the molecule is COc1ccc(C(=O)Nc2cc(Cl)cnc2C(=O)O)cc1. The average Bonchev–Trinajstić information content (AvgIpc) is 2.47. The quantitative estimate of drug-likeness (QED) is 0.906. The van der Waals surface area contributed by atoms with Crippen LogP contribution in [0.4, 0.5) is 5.69 Å². The molecule has 0 saturated carbocycles. The highest BCUT2D eigenvalue weighted by Gasteiger charge is 2.15. The Kier molecular flexibility index (Phi) is 4.39. The van der Waals surface area contributed by atoms with Gasteiger partial charge in [0.05, 0.1) is 17.8 Å². The highest BCUT2D eigenvalue weighted by atomic mass is 35.5. The molecule has 2 N–H and O–H groups in total. The third-order valence-corrected chi connectivity index (χ3v) is 2.86. The fourth-order valence-electron chi connectivity index (χ4n) is 1.64. The van der Waals surface area contributed by atoms with Crippen LogP contribution in [0.1, 0.15) is 20.8 Å². The molecule has 0 fully saturated rings. The Labute approximate surface area is 125 Å². The van der Waals surface area contributed by atoms with E-state index in [0.717, 1.165) is 0 Å². The van der Waals surface area contributed by atoms with Gasteiger partial charge in [-0.25, -0.2) is 9.78 Å². The first-order chi connectivity index (χ1) is 10.0. The van der Waals surface area contributed by atoms with Crippen molar-refractivity contribution in [2.24, 2.45) is 0 Å². The van der Waals surface area contributed by atoms with Crippen LogP contribution < -0.4 is 10.1 Å². The maximum Gasteiger partial charge on any atom is 0.356 e. The van der Waals surface area contributed by atoms with Crippen molar-refractivity contribution in [2.75, 3.05) is 12.4 Å². The summed E-state index contributed by atoms with van der Waals surface area (Å²) in [5.74, 6) is -1.11. The molecule has 0 bridgehead atoms. The van der Waals surface area contributed by atoms with E-state index in [9.17, 15) is 9.59 Å². The largest absolute Gasteiger partial charge is 0.497 e. The fourth-order valence-corrected chi connectivity index (χ4v) is 1.80. The van der Waals surface area contributed by atoms with Gasteiger partial charge in [-0.05, 0) is 30.3 Å². The molecule has 1 aromatic carbocycles. The molecule has 1 heterocycles. The summed E-state index contributed by atoms with van der Waals surface area (Å²) >= 11 is 5.77. The summed E-state index contributed by atoms with van der Waals surface area (Å²) in [6.45, 7) is 0. The number of carbonyl (C=O) groups is 2. The maximum absolute atomic E-state index is 12.1. The molecule has 1 amide bonds. The van der Waals surface area contributed by atoms with Crippen molar-refractivity contribution in [3.05, 3.63) is 52.8 Å². The summed E-state index contributed by atoms with van der Waals surface area (Å²) in [5, 5.41) is 11.7. The van der Waals surface area contributed by atoms with Crippen LogP contribution in [0.2, 0.25) is 5.02 Å². The highest BCUT2D eigenvalue weighted by Crippen LogP contribution is 2.20. The van der Waals surface area contributed by atoms with E-state index in [2.05, 4.69) is 10.3 Å². The van der Waals surface area contributed by atoms with Crippen LogP contribution in [0, 0.1) is 0 Å². The molecule has 21 heavy (non-hydrogen) atoms. The lowest BCUT2D eigenvalue weighted by atomic mass is 10.2. The monoisotopic (exact) mass is 306 g/mol. The minimum atomic E-state index is -1.25. The highest BCUT2D eigenvalue weighted by molar-refractivity contribution is 6.31. The summed E-state index contributed by atoms with van der Waals surface area (Å²) in [7, 11) is 1.52. The van der Waals surface area contributed by atoms with Gasteiger partial charge in [-0.1, -0.05) is 11.6 Å². The number of aromatic carboxylic acids is 1. The number of carbonyl (C=O) groups excluding carboxylic acids is 1. The number of aromatic nitrogens is 1. The summed E-state index contributed by atoms with van der Waals surface area (Å²) in [6, 6.07) is 7.71. The van der Waals surface area contributed by atoms with Crippen LogP contribution in [-0.2, 0) is 0 Å². The zero-order valence-corrected chi connectivity index (χ0v) is 11.7. The number of amides is 1. The van der Waals surface area contributed by atoms with Crippen molar-refractivity contribution >= 4 is 29.2 Å². The topological polar surface area (TPSA) is 88.5 Å². The third kappa shape index (κ3) is 3.49. The van der Waals surface area contributed by atoms with Crippen molar-refractivity contribution in [1.29, 1.82) is 0 Å². The van der Waals surface area contributed by atoms with E-state index in [1.165, 1.54) is 19.4 Å². The number of hydrogen-bond acceptors (Lipinski definition) is 4. The molecular formula is C14H11ClN2O4. The lowest BCUT2D eigenvalue weighted by molar-refractivity contribution is 0.0692. The first-order valence-corrected chi connectivity index (χ1v) is 6.23. The lowest BCUT2D eigenvalue weighted by Crippen LogP contribution is -2.15. The molecule has 0 spiro atoms. The standard InChI is InChI=1S/C14H11ClN2O4/c1-21-10-4-2-8(3-5-10)13(18)17-11-6-9(15)7-16-12(11)14(19)20/h2-7H,1H3,(H,17,18)(H,19,20). The number of anilines is 1. The number of ether oxygens (including phenoxy) is 1.